The summed E-state index contributed by atoms with van der Waals surface area (Å²) in [5.41, 5.74) is 0. The summed E-state index contributed by atoms with van der Waals surface area (Å²) in [7, 11) is -3.12. The fourth-order valence-electron chi connectivity index (χ4n) is 3.08. The lowest BCUT2D eigenvalue weighted by Gasteiger charge is -2.17. The zero-order valence-corrected chi connectivity index (χ0v) is 14.9. The molecule has 24 heavy (non-hydrogen) atoms. The second-order valence-electron chi connectivity index (χ2n) is 6.13. The fraction of sp³-hybridized carbons (Fsp3) is 0.444. The van der Waals surface area contributed by atoms with Crippen molar-refractivity contribution >= 4 is 20.8 Å². The summed E-state index contributed by atoms with van der Waals surface area (Å²) in [5, 5.41) is 2.11. The van der Waals surface area contributed by atoms with Gasteiger partial charge in [0.05, 0.1) is 19.5 Å². The zero-order valence-electron chi connectivity index (χ0n) is 14.1. The standard InChI is InChI=1S/C18H23NO4S/c1-3-22-17-9-8-15-6-4-5-7-16(15)18(17)23-13-14-10-11-19(12-14)24(2,20)21/h4-9,14H,3,10-13H2,1-2H3/t14-/m1/s1. The molecule has 1 aliphatic heterocycles. The number of hydrogen-bond donors (Lipinski definition) is 0. The maximum Gasteiger partial charge on any atom is 0.211 e. The average Bonchev–Trinajstić information content (AvgIpc) is 3.03. The third kappa shape index (κ3) is 3.65. The first-order chi connectivity index (χ1) is 11.5. The van der Waals surface area contributed by atoms with E-state index < -0.39 is 10.0 Å². The Labute approximate surface area is 143 Å². The van der Waals surface area contributed by atoms with Crippen LogP contribution in [0.5, 0.6) is 11.5 Å². The van der Waals surface area contributed by atoms with Gasteiger partial charge in [0.15, 0.2) is 11.5 Å². The molecule has 0 unspecified atom stereocenters. The second-order valence-corrected chi connectivity index (χ2v) is 8.12. The minimum absolute atomic E-state index is 0.202. The van der Waals surface area contributed by atoms with E-state index in [9.17, 15) is 8.42 Å². The van der Waals surface area contributed by atoms with Crippen LogP contribution < -0.4 is 9.47 Å². The van der Waals surface area contributed by atoms with Gasteiger partial charge in [0, 0.05) is 24.4 Å². The van der Waals surface area contributed by atoms with Crippen LogP contribution in [0.3, 0.4) is 0 Å². The van der Waals surface area contributed by atoms with E-state index in [0.717, 1.165) is 28.7 Å². The van der Waals surface area contributed by atoms with Gasteiger partial charge >= 0.3 is 0 Å². The Morgan fingerprint density at radius 3 is 2.67 bits per heavy atom. The first-order valence-electron chi connectivity index (χ1n) is 8.21. The normalized spacial score (nSPS) is 18.8. The van der Waals surface area contributed by atoms with Crippen LogP contribution in [0.15, 0.2) is 36.4 Å². The van der Waals surface area contributed by atoms with Crippen molar-refractivity contribution in [3.8, 4) is 11.5 Å². The van der Waals surface area contributed by atoms with Gasteiger partial charge in [0.1, 0.15) is 0 Å². The molecule has 0 aliphatic carbocycles. The summed E-state index contributed by atoms with van der Waals surface area (Å²) in [5.74, 6) is 1.68. The molecule has 0 amide bonds. The maximum absolute atomic E-state index is 11.6. The van der Waals surface area contributed by atoms with Crippen molar-refractivity contribution in [2.24, 2.45) is 5.92 Å². The highest BCUT2D eigenvalue weighted by molar-refractivity contribution is 7.88. The highest BCUT2D eigenvalue weighted by Gasteiger charge is 2.29. The van der Waals surface area contributed by atoms with Crippen LogP contribution in [-0.2, 0) is 10.0 Å². The van der Waals surface area contributed by atoms with Crippen molar-refractivity contribution in [3.63, 3.8) is 0 Å². The molecule has 0 bridgehead atoms. The predicted molar refractivity (Wildman–Crippen MR) is 95.1 cm³/mol. The number of benzene rings is 2. The molecular weight excluding hydrogens is 326 g/mol. The van der Waals surface area contributed by atoms with Crippen molar-refractivity contribution in [1.29, 1.82) is 0 Å². The zero-order chi connectivity index (χ0) is 17.2. The van der Waals surface area contributed by atoms with Gasteiger partial charge in [-0.15, -0.1) is 0 Å². The molecule has 130 valence electrons. The van der Waals surface area contributed by atoms with Crippen molar-refractivity contribution < 1.29 is 17.9 Å². The van der Waals surface area contributed by atoms with Crippen molar-refractivity contribution in [3.05, 3.63) is 36.4 Å². The highest BCUT2D eigenvalue weighted by atomic mass is 32.2. The van der Waals surface area contributed by atoms with E-state index in [1.165, 1.54) is 10.6 Å². The number of rotatable bonds is 6. The molecule has 0 saturated carbocycles. The first kappa shape index (κ1) is 17.0. The SMILES string of the molecule is CCOc1ccc2ccccc2c1OC[C@@H]1CCN(S(C)(=O)=O)C1. The van der Waals surface area contributed by atoms with Gasteiger partial charge in [-0.25, -0.2) is 12.7 Å². The van der Waals surface area contributed by atoms with Crippen LogP contribution in [0.1, 0.15) is 13.3 Å². The largest absolute Gasteiger partial charge is 0.490 e. The Morgan fingerprint density at radius 2 is 1.96 bits per heavy atom. The molecule has 1 aliphatic rings. The minimum atomic E-state index is -3.12. The van der Waals surface area contributed by atoms with Crippen molar-refractivity contribution in [1.82, 2.24) is 4.31 Å². The van der Waals surface area contributed by atoms with Gasteiger partial charge in [-0.05, 0) is 24.8 Å². The van der Waals surface area contributed by atoms with Gasteiger partial charge in [0.25, 0.3) is 0 Å². The highest BCUT2D eigenvalue weighted by Crippen LogP contribution is 2.36. The van der Waals surface area contributed by atoms with Gasteiger partial charge in [-0.2, -0.15) is 0 Å². The van der Waals surface area contributed by atoms with Crippen LogP contribution in [0.2, 0.25) is 0 Å². The van der Waals surface area contributed by atoms with Gasteiger partial charge in [-0.3, -0.25) is 0 Å². The Bertz CT molecular complexity index is 819. The molecule has 5 nitrogen and oxygen atoms in total. The quantitative estimate of drug-likeness (QED) is 0.805. The van der Waals surface area contributed by atoms with Gasteiger partial charge < -0.3 is 9.47 Å². The van der Waals surface area contributed by atoms with Crippen LogP contribution in [0, 0.1) is 5.92 Å². The molecule has 1 atom stereocenters. The lowest BCUT2D eigenvalue weighted by molar-refractivity contribution is 0.239. The molecule has 2 aromatic carbocycles. The van der Waals surface area contributed by atoms with Crippen LogP contribution in [0.25, 0.3) is 10.8 Å². The second kappa shape index (κ2) is 6.99. The molecule has 0 radical (unpaired) electrons. The molecule has 1 heterocycles. The molecule has 0 spiro atoms. The fourth-order valence-corrected chi connectivity index (χ4v) is 4.00. The Morgan fingerprint density at radius 1 is 1.17 bits per heavy atom. The number of ether oxygens (including phenoxy) is 2. The molecule has 1 fully saturated rings. The summed E-state index contributed by atoms with van der Waals surface area (Å²) in [6.45, 7) is 4.09. The van der Waals surface area contributed by atoms with Crippen LogP contribution in [-0.4, -0.2) is 45.3 Å². The lowest BCUT2D eigenvalue weighted by Crippen LogP contribution is -2.28. The van der Waals surface area contributed by atoms with Crippen LogP contribution in [0.4, 0.5) is 0 Å². The molecule has 0 N–H and O–H groups in total. The molecule has 1 saturated heterocycles. The van der Waals surface area contributed by atoms with Crippen molar-refractivity contribution in [2.45, 2.75) is 13.3 Å². The smallest absolute Gasteiger partial charge is 0.211 e. The summed E-state index contributed by atoms with van der Waals surface area (Å²) >= 11 is 0. The summed E-state index contributed by atoms with van der Waals surface area (Å²) < 4.78 is 36.6. The van der Waals surface area contributed by atoms with E-state index in [0.29, 0.717) is 26.3 Å². The monoisotopic (exact) mass is 349 g/mol. The van der Waals surface area contributed by atoms with E-state index in [-0.39, 0.29) is 5.92 Å². The number of fused-ring (bicyclic) bond motifs is 1. The molecule has 6 heteroatoms. The number of nitrogens with zero attached hydrogens (tertiary/aromatic N) is 1. The Hall–Kier alpha value is -1.79. The Kier molecular flexibility index (Phi) is 4.96. The summed E-state index contributed by atoms with van der Waals surface area (Å²) in [6, 6.07) is 12.0. The topological polar surface area (TPSA) is 55.8 Å². The third-order valence-electron chi connectivity index (χ3n) is 4.32. The van der Waals surface area contributed by atoms with E-state index in [1.54, 1.807) is 0 Å². The summed E-state index contributed by atoms with van der Waals surface area (Å²) in [4.78, 5) is 0. The third-order valence-corrected chi connectivity index (χ3v) is 5.59. The van der Waals surface area contributed by atoms with Crippen LogP contribution >= 0.6 is 0 Å². The van der Waals surface area contributed by atoms with E-state index in [1.807, 2.05) is 43.3 Å². The van der Waals surface area contributed by atoms with Crippen molar-refractivity contribution in [2.75, 3.05) is 32.6 Å². The number of hydrogen-bond acceptors (Lipinski definition) is 4. The summed E-state index contributed by atoms with van der Waals surface area (Å²) in [6.07, 6.45) is 2.08. The molecule has 3 rings (SSSR count). The molecular formula is C18H23NO4S. The Balaban J connectivity index is 1.78. The molecule has 0 aromatic heterocycles. The lowest BCUT2D eigenvalue weighted by atomic mass is 10.1. The first-order valence-corrected chi connectivity index (χ1v) is 10.1. The minimum Gasteiger partial charge on any atom is -0.490 e. The van der Waals surface area contributed by atoms with E-state index in [4.69, 9.17) is 9.47 Å². The van der Waals surface area contributed by atoms with E-state index >= 15 is 0 Å². The average molecular weight is 349 g/mol. The van der Waals surface area contributed by atoms with E-state index in [2.05, 4.69) is 0 Å². The number of sulfonamides is 1. The van der Waals surface area contributed by atoms with Gasteiger partial charge in [-0.1, -0.05) is 30.3 Å². The predicted octanol–water partition coefficient (Wildman–Crippen LogP) is 2.90. The maximum atomic E-state index is 11.6. The molecule has 2 aromatic rings. The van der Waals surface area contributed by atoms with Gasteiger partial charge in [0.2, 0.25) is 10.0 Å².